The largest absolute Gasteiger partial charge is 0.353 e. The van der Waals surface area contributed by atoms with Crippen LogP contribution in [-0.2, 0) is 6.54 Å². The van der Waals surface area contributed by atoms with Gasteiger partial charge >= 0.3 is 0 Å². The molecule has 2 aromatic rings. The number of hydrogen-bond donors (Lipinski definition) is 1. The summed E-state index contributed by atoms with van der Waals surface area (Å²) in [6, 6.07) is 6.68. The summed E-state index contributed by atoms with van der Waals surface area (Å²) in [5.74, 6) is 1.12. The quantitative estimate of drug-likeness (QED) is 0.842. The molecule has 4 heteroatoms. The zero-order chi connectivity index (χ0) is 14.5. The van der Waals surface area contributed by atoms with Gasteiger partial charge in [-0.3, -0.25) is 0 Å². The zero-order valence-electron chi connectivity index (χ0n) is 13.1. The smallest absolute Gasteiger partial charge is 0.152 e. The normalized spacial score (nSPS) is 12.8. The van der Waals surface area contributed by atoms with Crippen LogP contribution < -0.4 is 10.2 Å². The van der Waals surface area contributed by atoms with Gasteiger partial charge in [0.2, 0.25) is 0 Å². The highest BCUT2D eigenvalue weighted by Crippen LogP contribution is 2.24. The van der Waals surface area contributed by atoms with E-state index in [0.717, 1.165) is 37.5 Å². The van der Waals surface area contributed by atoms with Crippen LogP contribution >= 0.6 is 0 Å². The summed E-state index contributed by atoms with van der Waals surface area (Å²) >= 11 is 0. The number of fused-ring (bicyclic) bond motifs is 1. The van der Waals surface area contributed by atoms with E-state index in [2.05, 4.69) is 60.6 Å². The van der Waals surface area contributed by atoms with Gasteiger partial charge in [-0.1, -0.05) is 19.9 Å². The molecule has 0 aliphatic heterocycles. The fourth-order valence-corrected chi connectivity index (χ4v) is 2.56. The van der Waals surface area contributed by atoms with Crippen LogP contribution in [0.15, 0.2) is 24.4 Å². The van der Waals surface area contributed by atoms with Crippen molar-refractivity contribution < 1.29 is 0 Å². The second kappa shape index (κ2) is 6.75. The maximum Gasteiger partial charge on any atom is 0.152 e. The van der Waals surface area contributed by atoms with Crippen LogP contribution in [0, 0.1) is 0 Å². The molecular formula is C16H26N4. The van der Waals surface area contributed by atoms with Crippen LogP contribution in [-0.4, -0.2) is 28.5 Å². The van der Waals surface area contributed by atoms with Gasteiger partial charge in [0, 0.05) is 25.3 Å². The predicted octanol–water partition coefficient (Wildman–Crippen LogP) is 3.07. The first kappa shape index (κ1) is 14.9. The molecule has 0 spiro atoms. The number of nitrogens with zero attached hydrogens (tertiary/aromatic N) is 3. The van der Waals surface area contributed by atoms with Gasteiger partial charge in [0.25, 0.3) is 0 Å². The first-order valence-electron chi connectivity index (χ1n) is 7.66. The van der Waals surface area contributed by atoms with Crippen LogP contribution in [0.2, 0.25) is 0 Å². The number of imidazole rings is 1. The molecule has 1 N–H and O–H groups in total. The molecule has 0 aliphatic rings. The summed E-state index contributed by atoms with van der Waals surface area (Å²) in [5.41, 5.74) is 2.28. The van der Waals surface area contributed by atoms with Gasteiger partial charge in [0.1, 0.15) is 5.65 Å². The maximum absolute atomic E-state index is 4.85. The van der Waals surface area contributed by atoms with Crippen molar-refractivity contribution in [1.82, 2.24) is 14.7 Å². The lowest BCUT2D eigenvalue weighted by Crippen LogP contribution is -2.34. The van der Waals surface area contributed by atoms with E-state index < -0.39 is 0 Å². The molecule has 0 radical (unpaired) electrons. The molecule has 0 aromatic carbocycles. The molecule has 20 heavy (non-hydrogen) atoms. The molecule has 2 aromatic heterocycles. The molecule has 0 saturated heterocycles. The topological polar surface area (TPSA) is 32.6 Å². The van der Waals surface area contributed by atoms with Crippen molar-refractivity contribution >= 4 is 11.5 Å². The van der Waals surface area contributed by atoms with Crippen molar-refractivity contribution in [1.29, 1.82) is 0 Å². The van der Waals surface area contributed by atoms with E-state index in [9.17, 15) is 0 Å². The van der Waals surface area contributed by atoms with Gasteiger partial charge in [-0.25, -0.2) is 4.98 Å². The molecule has 0 amide bonds. The lowest BCUT2D eigenvalue weighted by Gasteiger charge is -2.28. The summed E-state index contributed by atoms with van der Waals surface area (Å²) in [6.45, 7) is 11.6. The highest BCUT2D eigenvalue weighted by molar-refractivity contribution is 5.56. The predicted molar refractivity (Wildman–Crippen MR) is 85.3 cm³/mol. The van der Waals surface area contributed by atoms with Crippen LogP contribution in [0.1, 0.15) is 39.8 Å². The third-order valence-electron chi connectivity index (χ3n) is 3.89. The second-order valence-corrected chi connectivity index (χ2v) is 5.13. The van der Waals surface area contributed by atoms with Crippen molar-refractivity contribution in [2.24, 2.45) is 0 Å². The average molecular weight is 274 g/mol. The molecule has 0 aliphatic carbocycles. The second-order valence-electron chi connectivity index (χ2n) is 5.13. The molecule has 4 nitrogen and oxygen atoms in total. The minimum absolute atomic E-state index is 0.505. The first-order chi connectivity index (χ1) is 9.72. The number of anilines is 1. The Morgan fingerprint density at radius 1 is 1.30 bits per heavy atom. The third kappa shape index (κ3) is 2.80. The van der Waals surface area contributed by atoms with Crippen LogP contribution in [0.25, 0.3) is 5.65 Å². The van der Waals surface area contributed by atoms with Crippen molar-refractivity contribution in [2.45, 2.75) is 46.7 Å². The molecular weight excluding hydrogens is 248 g/mol. The Kier molecular flexibility index (Phi) is 5.01. The molecule has 1 atom stereocenters. The summed E-state index contributed by atoms with van der Waals surface area (Å²) < 4.78 is 2.20. The van der Waals surface area contributed by atoms with Gasteiger partial charge in [-0.2, -0.15) is 0 Å². The molecule has 2 rings (SSSR count). The van der Waals surface area contributed by atoms with Crippen molar-refractivity contribution in [2.75, 3.05) is 18.0 Å². The number of aromatic nitrogens is 2. The maximum atomic E-state index is 4.85. The fraction of sp³-hybridized carbons (Fsp3) is 0.562. The van der Waals surface area contributed by atoms with Crippen molar-refractivity contribution in [3.63, 3.8) is 0 Å². The van der Waals surface area contributed by atoms with Crippen LogP contribution in [0.5, 0.6) is 0 Å². The standard InChI is InChI=1S/C16H26N4/c1-5-13(4)19(7-3)16-14(12-17-6-2)20-11-9-8-10-15(20)18-16/h8-11,13,17H,5-7,12H2,1-4H3. The molecule has 0 fully saturated rings. The van der Waals surface area contributed by atoms with Crippen molar-refractivity contribution in [3.05, 3.63) is 30.1 Å². The average Bonchev–Trinajstić information content (AvgIpc) is 2.84. The Morgan fingerprint density at radius 2 is 2.10 bits per heavy atom. The Hall–Kier alpha value is -1.55. The van der Waals surface area contributed by atoms with Crippen LogP contribution in [0.4, 0.5) is 5.82 Å². The minimum Gasteiger partial charge on any atom is -0.353 e. The highest BCUT2D eigenvalue weighted by Gasteiger charge is 2.19. The first-order valence-corrected chi connectivity index (χ1v) is 7.66. The molecule has 2 heterocycles. The molecule has 0 bridgehead atoms. The van der Waals surface area contributed by atoms with E-state index in [1.54, 1.807) is 0 Å². The van der Waals surface area contributed by atoms with Gasteiger partial charge in [-0.15, -0.1) is 0 Å². The fourth-order valence-electron chi connectivity index (χ4n) is 2.56. The SMILES string of the molecule is CCNCc1c(N(CC)C(C)CC)nc2ccccn12. The zero-order valence-corrected chi connectivity index (χ0v) is 13.1. The number of nitrogens with one attached hydrogen (secondary N) is 1. The summed E-state index contributed by atoms with van der Waals surface area (Å²) in [5, 5.41) is 3.43. The summed E-state index contributed by atoms with van der Waals surface area (Å²) in [6.07, 6.45) is 3.23. The Balaban J connectivity index is 2.49. The third-order valence-corrected chi connectivity index (χ3v) is 3.89. The molecule has 0 saturated carbocycles. The Morgan fingerprint density at radius 3 is 2.75 bits per heavy atom. The van der Waals surface area contributed by atoms with Gasteiger partial charge < -0.3 is 14.6 Å². The lowest BCUT2D eigenvalue weighted by atomic mass is 10.2. The lowest BCUT2D eigenvalue weighted by molar-refractivity contribution is 0.616. The van der Waals surface area contributed by atoms with E-state index in [-0.39, 0.29) is 0 Å². The van der Waals surface area contributed by atoms with Gasteiger partial charge in [0.15, 0.2) is 5.82 Å². The summed E-state index contributed by atoms with van der Waals surface area (Å²) in [7, 11) is 0. The molecule has 110 valence electrons. The van der Waals surface area contributed by atoms with E-state index in [4.69, 9.17) is 4.98 Å². The Bertz CT molecular complexity index is 546. The van der Waals surface area contributed by atoms with Gasteiger partial charge in [-0.05, 0) is 38.9 Å². The highest BCUT2D eigenvalue weighted by atomic mass is 15.2. The van der Waals surface area contributed by atoms with Crippen molar-refractivity contribution in [3.8, 4) is 0 Å². The van der Waals surface area contributed by atoms with E-state index >= 15 is 0 Å². The van der Waals surface area contributed by atoms with Gasteiger partial charge in [0.05, 0.1) is 5.69 Å². The van der Waals surface area contributed by atoms with E-state index in [1.807, 2.05) is 6.07 Å². The Labute approximate surface area is 121 Å². The molecule has 1 unspecified atom stereocenters. The van der Waals surface area contributed by atoms with E-state index in [1.165, 1.54) is 5.69 Å². The monoisotopic (exact) mass is 274 g/mol. The summed E-state index contributed by atoms with van der Waals surface area (Å²) in [4.78, 5) is 7.26. The number of hydrogen-bond acceptors (Lipinski definition) is 3. The minimum atomic E-state index is 0.505. The van der Waals surface area contributed by atoms with E-state index in [0.29, 0.717) is 6.04 Å². The number of rotatable bonds is 7. The van der Waals surface area contributed by atoms with Crippen LogP contribution in [0.3, 0.4) is 0 Å². The number of pyridine rings is 1.